The summed E-state index contributed by atoms with van der Waals surface area (Å²) in [4.78, 5) is 24.1. The first kappa shape index (κ1) is 14.1. The Morgan fingerprint density at radius 1 is 1.15 bits per heavy atom. The van der Waals surface area contributed by atoms with E-state index in [9.17, 15) is 9.59 Å². The molecule has 0 unspecified atom stereocenters. The summed E-state index contributed by atoms with van der Waals surface area (Å²) in [7, 11) is 0. The molecule has 2 rings (SSSR count). The molecule has 0 aliphatic carbocycles. The van der Waals surface area contributed by atoms with Crippen LogP contribution in [0.1, 0.15) is 18.1 Å². The van der Waals surface area contributed by atoms with Crippen LogP contribution < -0.4 is 17.0 Å². The van der Waals surface area contributed by atoms with Crippen molar-refractivity contribution >= 4 is 5.69 Å². The number of aromatic nitrogens is 2. The van der Waals surface area contributed by atoms with Gasteiger partial charge in [-0.25, -0.2) is 4.79 Å². The second-order valence-electron chi connectivity index (χ2n) is 4.52. The van der Waals surface area contributed by atoms with Gasteiger partial charge >= 0.3 is 5.69 Å². The molecule has 0 saturated carbocycles. The highest BCUT2D eigenvalue weighted by atomic mass is 16.3. The maximum atomic E-state index is 12.1. The van der Waals surface area contributed by atoms with Crippen molar-refractivity contribution in [2.75, 3.05) is 5.73 Å². The van der Waals surface area contributed by atoms with Crippen LogP contribution in [0.5, 0.6) is 0 Å². The van der Waals surface area contributed by atoms with Gasteiger partial charge < -0.3 is 10.8 Å². The molecule has 3 N–H and O–H groups in total. The second kappa shape index (κ2) is 5.75. The van der Waals surface area contributed by atoms with Gasteiger partial charge in [-0.2, -0.15) is 0 Å². The molecule has 0 saturated heterocycles. The van der Waals surface area contributed by atoms with Crippen molar-refractivity contribution in [3.05, 3.63) is 62.4 Å². The molecule has 1 aromatic carbocycles. The lowest BCUT2D eigenvalue weighted by Crippen LogP contribution is -2.40. The zero-order valence-electron chi connectivity index (χ0n) is 11.2. The van der Waals surface area contributed by atoms with Gasteiger partial charge in [-0.3, -0.25) is 13.9 Å². The molecule has 1 aromatic heterocycles. The Bertz CT molecular complexity index is 714. The Morgan fingerprint density at radius 2 is 1.75 bits per heavy atom. The summed E-state index contributed by atoms with van der Waals surface area (Å²) in [6.07, 6.45) is 1.37. The minimum absolute atomic E-state index is 0.0405. The highest BCUT2D eigenvalue weighted by molar-refractivity contribution is 5.31. The number of nitrogens with zero attached hydrogens (tertiary/aromatic N) is 2. The van der Waals surface area contributed by atoms with Crippen LogP contribution >= 0.6 is 0 Å². The predicted molar refractivity (Wildman–Crippen MR) is 76.5 cm³/mol. The first-order chi connectivity index (χ1) is 9.56. The zero-order chi connectivity index (χ0) is 14.7. The minimum Gasteiger partial charge on any atom is -0.393 e. The van der Waals surface area contributed by atoms with Gasteiger partial charge in [0.05, 0.1) is 13.2 Å². The van der Waals surface area contributed by atoms with E-state index in [0.29, 0.717) is 6.54 Å². The van der Waals surface area contributed by atoms with E-state index in [1.165, 1.54) is 10.8 Å². The number of rotatable bonds is 4. The van der Waals surface area contributed by atoms with Crippen LogP contribution in [0.15, 0.2) is 40.1 Å². The molecule has 20 heavy (non-hydrogen) atoms. The van der Waals surface area contributed by atoms with Gasteiger partial charge in [0.25, 0.3) is 5.56 Å². The summed E-state index contributed by atoms with van der Waals surface area (Å²) >= 11 is 0. The van der Waals surface area contributed by atoms with Crippen molar-refractivity contribution in [3.8, 4) is 0 Å². The van der Waals surface area contributed by atoms with Crippen LogP contribution in [0.3, 0.4) is 0 Å². The van der Waals surface area contributed by atoms with Crippen molar-refractivity contribution in [1.82, 2.24) is 9.13 Å². The van der Waals surface area contributed by atoms with E-state index in [2.05, 4.69) is 0 Å². The molecule has 0 bridgehead atoms. The van der Waals surface area contributed by atoms with Crippen molar-refractivity contribution < 1.29 is 5.11 Å². The standard InChI is InChI=1S/C14H17N3O3/c1-2-16-8-12(15)13(19)17(14(16)20)7-10-3-5-11(9-18)6-4-10/h3-6,8,18H,2,7,9,15H2,1H3. The van der Waals surface area contributed by atoms with Crippen molar-refractivity contribution in [2.45, 2.75) is 26.6 Å². The molecule has 0 aliphatic heterocycles. The smallest absolute Gasteiger partial charge is 0.331 e. The van der Waals surface area contributed by atoms with E-state index in [1.54, 1.807) is 24.3 Å². The molecule has 1 heterocycles. The molecule has 106 valence electrons. The van der Waals surface area contributed by atoms with Gasteiger partial charge in [-0.1, -0.05) is 24.3 Å². The number of hydrogen-bond acceptors (Lipinski definition) is 4. The van der Waals surface area contributed by atoms with Gasteiger partial charge in [0.1, 0.15) is 5.69 Å². The molecule has 0 fully saturated rings. The molecular weight excluding hydrogens is 258 g/mol. The molecule has 2 aromatic rings. The average Bonchev–Trinajstić information content (AvgIpc) is 2.48. The van der Waals surface area contributed by atoms with E-state index in [4.69, 9.17) is 10.8 Å². The van der Waals surface area contributed by atoms with Gasteiger partial charge in [0, 0.05) is 12.7 Å². The Balaban J connectivity index is 2.44. The van der Waals surface area contributed by atoms with Crippen LogP contribution in [0, 0.1) is 0 Å². The Kier molecular flexibility index (Phi) is 4.05. The number of nitrogens with two attached hydrogens (primary N) is 1. The molecule has 6 heteroatoms. The normalized spacial score (nSPS) is 10.7. The first-order valence-corrected chi connectivity index (χ1v) is 6.35. The fraction of sp³-hybridized carbons (Fsp3) is 0.286. The summed E-state index contributed by atoms with van der Waals surface area (Å²) < 4.78 is 2.52. The van der Waals surface area contributed by atoms with Crippen LogP contribution in [-0.4, -0.2) is 14.2 Å². The zero-order valence-corrected chi connectivity index (χ0v) is 11.2. The number of nitrogen functional groups attached to an aromatic ring is 1. The average molecular weight is 275 g/mol. The number of hydrogen-bond donors (Lipinski definition) is 2. The predicted octanol–water partition coefficient (Wildman–Crippen LogP) is 0.153. The van der Waals surface area contributed by atoms with Crippen molar-refractivity contribution in [1.29, 1.82) is 0 Å². The largest absolute Gasteiger partial charge is 0.393 e. The van der Waals surface area contributed by atoms with E-state index in [-0.39, 0.29) is 24.5 Å². The molecule has 0 radical (unpaired) electrons. The lowest BCUT2D eigenvalue weighted by atomic mass is 10.1. The van der Waals surface area contributed by atoms with Crippen molar-refractivity contribution in [3.63, 3.8) is 0 Å². The third-order valence-electron chi connectivity index (χ3n) is 3.15. The number of aliphatic hydroxyl groups excluding tert-OH is 1. The monoisotopic (exact) mass is 275 g/mol. The van der Waals surface area contributed by atoms with E-state index < -0.39 is 5.56 Å². The summed E-state index contributed by atoms with van der Waals surface area (Å²) in [5, 5.41) is 8.99. The fourth-order valence-electron chi connectivity index (χ4n) is 1.97. The summed E-state index contributed by atoms with van der Waals surface area (Å²) in [6, 6.07) is 7.06. The fourth-order valence-corrected chi connectivity index (χ4v) is 1.97. The van der Waals surface area contributed by atoms with Gasteiger partial charge in [-0.15, -0.1) is 0 Å². The maximum Gasteiger partial charge on any atom is 0.331 e. The van der Waals surface area contributed by atoms with Gasteiger partial charge in [0.15, 0.2) is 0 Å². The van der Waals surface area contributed by atoms with E-state index in [0.717, 1.165) is 15.7 Å². The first-order valence-electron chi connectivity index (χ1n) is 6.35. The molecule has 0 spiro atoms. The topological polar surface area (TPSA) is 90.2 Å². The Labute approximate surface area is 115 Å². The Hall–Kier alpha value is -2.34. The third-order valence-corrected chi connectivity index (χ3v) is 3.15. The molecule has 0 aliphatic rings. The van der Waals surface area contributed by atoms with Gasteiger partial charge in [-0.05, 0) is 18.1 Å². The Morgan fingerprint density at radius 3 is 2.30 bits per heavy atom. The molecule has 0 atom stereocenters. The van der Waals surface area contributed by atoms with Gasteiger partial charge in [0.2, 0.25) is 0 Å². The summed E-state index contributed by atoms with van der Waals surface area (Å²) in [5.74, 6) is 0. The number of aliphatic hydroxyl groups is 1. The second-order valence-corrected chi connectivity index (χ2v) is 4.52. The SMILES string of the molecule is CCn1cc(N)c(=O)n(Cc2ccc(CO)cc2)c1=O. The third kappa shape index (κ3) is 2.65. The van der Waals surface area contributed by atoms with E-state index >= 15 is 0 Å². The van der Waals surface area contributed by atoms with Crippen molar-refractivity contribution in [2.24, 2.45) is 0 Å². The minimum atomic E-state index is -0.481. The highest BCUT2D eigenvalue weighted by Gasteiger charge is 2.09. The molecule has 0 amide bonds. The van der Waals surface area contributed by atoms with E-state index in [1.807, 2.05) is 6.92 Å². The highest BCUT2D eigenvalue weighted by Crippen LogP contribution is 2.05. The number of anilines is 1. The number of aryl methyl sites for hydroxylation is 1. The number of benzene rings is 1. The van der Waals surface area contributed by atoms with Crippen LogP contribution in [-0.2, 0) is 19.7 Å². The lowest BCUT2D eigenvalue weighted by Gasteiger charge is -2.10. The maximum absolute atomic E-state index is 12.1. The van der Waals surface area contributed by atoms with Crippen LogP contribution in [0.2, 0.25) is 0 Å². The molecular formula is C14H17N3O3. The lowest BCUT2D eigenvalue weighted by molar-refractivity contribution is 0.282. The quantitative estimate of drug-likeness (QED) is 0.831. The summed E-state index contributed by atoms with van der Waals surface area (Å²) in [6.45, 7) is 2.38. The molecule has 6 nitrogen and oxygen atoms in total. The van der Waals surface area contributed by atoms with Crippen LogP contribution in [0.25, 0.3) is 0 Å². The summed E-state index contributed by atoms with van der Waals surface area (Å²) in [5.41, 5.74) is 6.41. The van der Waals surface area contributed by atoms with Crippen LogP contribution in [0.4, 0.5) is 5.69 Å².